The minimum atomic E-state index is -0.963. The van der Waals surface area contributed by atoms with Gasteiger partial charge in [-0.05, 0) is 37.3 Å². The number of piperazine rings is 1. The van der Waals surface area contributed by atoms with Crippen molar-refractivity contribution in [1.29, 1.82) is 5.26 Å². The van der Waals surface area contributed by atoms with Crippen molar-refractivity contribution in [2.75, 3.05) is 71.0 Å². The third-order valence-corrected chi connectivity index (χ3v) is 12.0. The number of likely N-dealkylation sites (tertiary alicyclic amines) is 1. The number of fused-ring (bicyclic) bond motifs is 3. The van der Waals surface area contributed by atoms with E-state index >= 15 is 4.39 Å². The molecule has 4 fully saturated rings. The number of pyridine rings is 1. The number of hydrogen-bond donors (Lipinski definition) is 0. The molecule has 11 nitrogen and oxygen atoms in total. The van der Waals surface area contributed by atoms with Crippen LogP contribution in [0.1, 0.15) is 32.1 Å². The third kappa shape index (κ3) is 7.19. The highest BCUT2D eigenvalue weighted by Crippen LogP contribution is 2.42. The first-order valence-electron chi connectivity index (χ1n) is 18.8. The second-order valence-electron chi connectivity index (χ2n) is 14.9. The summed E-state index contributed by atoms with van der Waals surface area (Å²) in [6.45, 7) is 4.43. The predicted octanol–water partition coefficient (Wildman–Crippen LogP) is 5.94. The number of carbonyl (C=O) groups excluding carboxylic acids is 1. The minimum absolute atomic E-state index is 0.0685. The first-order valence-corrected chi connectivity index (χ1v) is 19.2. The van der Waals surface area contributed by atoms with Crippen molar-refractivity contribution in [2.45, 2.75) is 56.0 Å². The van der Waals surface area contributed by atoms with E-state index in [2.05, 4.69) is 25.8 Å². The standard InChI is InChI=1S/C40H42ClF3N8O3/c1-54-28-11-16-49(23-28)14-3-7-32(53)52-18-17-50(22-27(52)10-13-45)38-30-20-46-36(29-6-2-5-25-8-9-31(43)34(41)33(25)29)35(44)37(30)47-39(48-38)55-24-40-12-4-15-51(40)21-26(42)19-40/h2-3,5-9,20,26-28H,4,10-12,14-19,21-24H2,1H3/b7-3+/t26-,27+,28-,40+/m1/s1. The van der Waals surface area contributed by atoms with Crippen LogP contribution in [0.25, 0.3) is 32.9 Å². The van der Waals surface area contributed by atoms with Gasteiger partial charge in [0, 0.05) is 82.6 Å². The number of halogens is 4. The molecule has 0 N–H and O–H groups in total. The molecule has 55 heavy (non-hydrogen) atoms. The summed E-state index contributed by atoms with van der Waals surface area (Å²) in [5.41, 5.74) is -0.349. The lowest BCUT2D eigenvalue weighted by molar-refractivity contribution is -0.128. The average molecular weight is 775 g/mol. The minimum Gasteiger partial charge on any atom is -0.461 e. The lowest BCUT2D eigenvalue weighted by Gasteiger charge is -2.41. The number of aromatic nitrogens is 3. The Morgan fingerprint density at radius 3 is 2.82 bits per heavy atom. The van der Waals surface area contributed by atoms with Gasteiger partial charge in [0.15, 0.2) is 5.82 Å². The number of alkyl halides is 1. The van der Waals surface area contributed by atoms with Crippen molar-refractivity contribution in [3.8, 4) is 23.3 Å². The Morgan fingerprint density at radius 1 is 1.13 bits per heavy atom. The zero-order valence-electron chi connectivity index (χ0n) is 30.6. The first-order chi connectivity index (χ1) is 26.7. The van der Waals surface area contributed by atoms with Gasteiger partial charge in [0.25, 0.3) is 0 Å². The fourth-order valence-electron chi connectivity index (χ4n) is 8.84. The maximum Gasteiger partial charge on any atom is 0.319 e. The Kier molecular flexibility index (Phi) is 10.6. The number of methoxy groups -OCH3 is 1. The fourth-order valence-corrected chi connectivity index (χ4v) is 9.12. The molecule has 0 unspecified atom stereocenters. The quantitative estimate of drug-likeness (QED) is 0.180. The van der Waals surface area contributed by atoms with E-state index in [0.29, 0.717) is 53.6 Å². The van der Waals surface area contributed by atoms with Crippen molar-refractivity contribution in [1.82, 2.24) is 29.7 Å². The summed E-state index contributed by atoms with van der Waals surface area (Å²) in [4.78, 5) is 35.3. The number of nitriles is 1. The topological polar surface area (TPSA) is 111 Å². The Balaban J connectivity index is 1.13. The summed E-state index contributed by atoms with van der Waals surface area (Å²) in [7, 11) is 1.71. The van der Waals surface area contributed by atoms with E-state index in [1.54, 1.807) is 42.4 Å². The number of rotatable bonds is 10. The summed E-state index contributed by atoms with van der Waals surface area (Å²) >= 11 is 6.43. The van der Waals surface area contributed by atoms with Crippen LogP contribution in [-0.4, -0.2) is 125 Å². The van der Waals surface area contributed by atoms with E-state index in [4.69, 9.17) is 26.1 Å². The molecule has 4 saturated heterocycles. The van der Waals surface area contributed by atoms with E-state index in [9.17, 15) is 18.8 Å². The normalized spacial score (nSPS) is 24.7. The van der Waals surface area contributed by atoms with E-state index in [1.165, 1.54) is 12.3 Å². The molecule has 0 spiro atoms. The van der Waals surface area contributed by atoms with Crippen LogP contribution >= 0.6 is 11.6 Å². The lowest BCUT2D eigenvalue weighted by atomic mass is 9.95. The largest absolute Gasteiger partial charge is 0.461 e. The van der Waals surface area contributed by atoms with Gasteiger partial charge in [-0.15, -0.1) is 0 Å². The molecule has 15 heteroatoms. The van der Waals surface area contributed by atoms with Crippen LogP contribution in [0.5, 0.6) is 6.01 Å². The molecule has 4 atom stereocenters. The summed E-state index contributed by atoms with van der Waals surface area (Å²) in [6.07, 6.45) is 7.16. The van der Waals surface area contributed by atoms with Crippen LogP contribution in [0, 0.1) is 23.0 Å². The van der Waals surface area contributed by atoms with Gasteiger partial charge >= 0.3 is 6.01 Å². The highest BCUT2D eigenvalue weighted by molar-refractivity contribution is 6.36. The molecule has 4 aliphatic rings. The van der Waals surface area contributed by atoms with Gasteiger partial charge in [-0.3, -0.25) is 19.6 Å². The Hall–Kier alpha value is -4.55. The molecule has 288 valence electrons. The number of hydrogen-bond acceptors (Lipinski definition) is 10. The fraction of sp³-hybridized carbons (Fsp3) is 0.475. The van der Waals surface area contributed by atoms with Gasteiger partial charge in [-0.2, -0.15) is 15.2 Å². The van der Waals surface area contributed by atoms with Crippen molar-refractivity contribution >= 4 is 45.0 Å². The van der Waals surface area contributed by atoms with Crippen LogP contribution in [-0.2, 0) is 9.53 Å². The monoisotopic (exact) mass is 774 g/mol. The summed E-state index contributed by atoms with van der Waals surface area (Å²) in [5.74, 6) is -1.27. The van der Waals surface area contributed by atoms with E-state index < -0.39 is 29.4 Å². The van der Waals surface area contributed by atoms with E-state index in [0.717, 1.165) is 38.9 Å². The number of ether oxygens (including phenoxy) is 2. The highest BCUT2D eigenvalue weighted by atomic mass is 35.5. The summed E-state index contributed by atoms with van der Waals surface area (Å²) in [6, 6.07) is 9.60. The van der Waals surface area contributed by atoms with Crippen LogP contribution in [0.2, 0.25) is 5.02 Å². The van der Waals surface area contributed by atoms with Gasteiger partial charge in [-0.25, -0.2) is 13.2 Å². The molecule has 0 radical (unpaired) electrons. The predicted molar refractivity (Wildman–Crippen MR) is 203 cm³/mol. The van der Waals surface area contributed by atoms with Gasteiger partial charge in [-0.1, -0.05) is 41.9 Å². The molecule has 8 rings (SSSR count). The number of anilines is 1. The van der Waals surface area contributed by atoms with Crippen LogP contribution in [0.15, 0.2) is 48.7 Å². The highest BCUT2D eigenvalue weighted by Gasteiger charge is 2.49. The molecule has 0 bridgehead atoms. The summed E-state index contributed by atoms with van der Waals surface area (Å²) in [5, 5.41) is 10.9. The molecule has 1 amide bonds. The van der Waals surface area contributed by atoms with Crippen LogP contribution in [0.4, 0.5) is 19.0 Å². The van der Waals surface area contributed by atoms with Gasteiger partial charge in [0.1, 0.15) is 35.6 Å². The molecule has 2 aromatic carbocycles. The molecular weight excluding hydrogens is 733 g/mol. The first kappa shape index (κ1) is 37.4. The molecule has 4 aromatic rings. The van der Waals surface area contributed by atoms with E-state index in [-0.39, 0.29) is 60.4 Å². The second-order valence-corrected chi connectivity index (χ2v) is 15.3. The SMILES string of the molecule is CO[C@@H]1CCN(C/C=C/C(=O)N2CCN(c3nc(OC[C@@]45CCCN4C[C@H](F)C5)nc4c(F)c(-c5cccc6ccc(F)c(Cl)c56)ncc34)C[C@@H]2CC#N)C1. The number of benzene rings is 2. The van der Waals surface area contributed by atoms with Gasteiger partial charge < -0.3 is 19.3 Å². The average Bonchev–Trinajstić information content (AvgIpc) is 3.89. The second kappa shape index (κ2) is 15.5. The number of carbonyl (C=O) groups is 1. The van der Waals surface area contributed by atoms with E-state index in [1.807, 2.05) is 11.0 Å². The van der Waals surface area contributed by atoms with Gasteiger partial charge in [0.2, 0.25) is 5.91 Å². The van der Waals surface area contributed by atoms with Crippen molar-refractivity contribution in [3.05, 3.63) is 65.3 Å². The molecule has 4 aliphatic heterocycles. The van der Waals surface area contributed by atoms with Crippen molar-refractivity contribution in [2.24, 2.45) is 0 Å². The lowest BCUT2D eigenvalue weighted by Crippen LogP contribution is -2.55. The zero-order valence-corrected chi connectivity index (χ0v) is 31.3. The Labute approximate surface area is 322 Å². The molecule has 0 aliphatic carbocycles. The summed E-state index contributed by atoms with van der Waals surface area (Å²) < 4.78 is 58.0. The number of nitrogens with zero attached hydrogens (tertiary/aromatic N) is 8. The maximum absolute atomic E-state index is 17.0. The van der Waals surface area contributed by atoms with Gasteiger partial charge in [0.05, 0.1) is 40.6 Å². The van der Waals surface area contributed by atoms with Crippen molar-refractivity contribution in [3.63, 3.8) is 0 Å². The molecule has 6 heterocycles. The molecular formula is C40H42ClF3N8O3. The smallest absolute Gasteiger partial charge is 0.319 e. The molecule has 2 aromatic heterocycles. The van der Waals surface area contributed by atoms with Crippen molar-refractivity contribution < 1.29 is 27.4 Å². The third-order valence-electron chi connectivity index (χ3n) is 11.6. The van der Waals surface area contributed by atoms with Crippen LogP contribution in [0.3, 0.4) is 0 Å². The number of amides is 1. The zero-order chi connectivity index (χ0) is 38.3. The van der Waals surface area contributed by atoms with Crippen LogP contribution < -0.4 is 9.64 Å². The Morgan fingerprint density at radius 2 is 2.00 bits per heavy atom. The Bertz CT molecular complexity index is 2190. The molecule has 0 saturated carbocycles. The maximum atomic E-state index is 17.0.